The molecule has 1 atom stereocenters. The van der Waals surface area contributed by atoms with E-state index in [4.69, 9.17) is 9.84 Å². The molecule has 0 heterocycles. The van der Waals surface area contributed by atoms with Crippen LogP contribution in [0.15, 0.2) is 18.2 Å². The molecule has 1 aromatic carbocycles. The number of carbonyl (C=O) groups excluding carboxylic acids is 1. The molecule has 0 fully saturated rings. The molecule has 0 saturated carbocycles. The first-order valence-electron chi connectivity index (χ1n) is 11.0. The van der Waals surface area contributed by atoms with E-state index in [1.807, 2.05) is 21.1 Å². The van der Waals surface area contributed by atoms with Crippen molar-refractivity contribution in [3.05, 3.63) is 35.1 Å². The van der Waals surface area contributed by atoms with E-state index >= 15 is 0 Å². The Labute approximate surface area is 192 Å². The number of nitrogens with zero attached hydrogens (tertiary/aromatic N) is 1. The van der Waals surface area contributed by atoms with Gasteiger partial charge in [-0.05, 0) is 25.0 Å². The highest BCUT2D eigenvalue weighted by atomic mass is 19.4. The van der Waals surface area contributed by atoms with Gasteiger partial charge in [-0.25, -0.2) is 4.39 Å². The summed E-state index contributed by atoms with van der Waals surface area (Å²) >= 11 is 0. The molecule has 1 aromatic rings. The number of unbranched alkanes of at least 4 members (excludes halogenated alkanes) is 4. The van der Waals surface area contributed by atoms with Gasteiger partial charge in [0.05, 0.1) is 52.3 Å². The second kappa shape index (κ2) is 13.5. The summed E-state index contributed by atoms with van der Waals surface area (Å²) in [5.74, 6) is -2.04. The molecular weight excluding hydrogens is 444 g/mol. The smallest absolute Gasteiger partial charge is 0.416 e. The van der Waals surface area contributed by atoms with Gasteiger partial charge >= 0.3 is 12.1 Å². The summed E-state index contributed by atoms with van der Waals surface area (Å²) in [4.78, 5) is 23.1. The van der Waals surface area contributed by atoms with Gasteiger partial charge in [-0.2, -0.15) is 13.2 Å². The molecule has 2 N–H and O–H groups in total. The minimum atomic E-state index is -4.58. The Balaban J connectivity index is 2.17. The Bertz CT molecular complexity index is 764. The second-order valence-electron chi connectivity index (χ2n) is 9.21. The predicted octanol–water partition coefficient (Wildman–Crippen LogP) is 4.37. The van der Waals surface area contributed by atoms with E-state index in [0.717, 1.165) is 37.8 Å². The number of amides is 1. The van der Waals surface area contributed by atoms with Gasteiger partial charge in [-0.3, -0.25) is 9.59 Å². The average molecular weight is 480 g/mol. The Morgan fingerprint density at radius 1 is 1.09 bits per heavy atom. The van der Waals surface area contributed by atoms with Crippen LogP contribution in [0, 0.1) is 5.82 Å². The number of nitrogens with one attached hydrogen (secondary N) is 1. The molecule has 0 spiro atoms. The number of rotatable bonds is 15. The van der Waals surface area contributed by atoms with Crippen molar-refractivity contribution in [3.8, 4) is 0 Å². The van der Waals surface area contributed by atoms with Gasteiger partial charge in [0.1, 0.15) is 5.82 Å². The number of carboxylic acid groups (broad SMARTS) is 1. The van der Waals surface area contributed by atoms with Gasteiger partial charge in [0, 0.05) is 18.6 Å². The van der Waals surface area contributed by atoms with E-state index in [1.165, 1.54) is 0 Å². The summed E-state index contributed by atoms with van der Waals surface area (Å²) < 4.78 is 57.3. The zero-order valence-corrected chi connectivity index (χ0v) is 19.5. The maximum absolute atomic E-state index is 13.7. The van der Waals surface area contributed by atoms with Crippen LogP contribution < -0.4 is 5.32 Å². The number of hydrogen-bond donors (Lipinski definition) is 2. The molecule has 0 aliphatic carbocycles. The average Bonchev–Trinajstić information content (AvgIpc) is 2.64. The lowest BCUT2D eigenvalue weighted by Gasteiger charge is -2.29. The molecule has 0 saturated heterocycles. The molecule has 188 valence electrons. The van der Waals surface area contributed by atoms with Gasteiger partial charge in [0.25, 0.3) is 0 Å². The van der Waals surface area contributed by atoms with E-state index in [9.17, 15) is 27.2 Å². The molecule has 1 rings (SSSR count). The van der Waals surface area contributed by atoms with Crippen molar-refractivity contribution in [1.29, 1.82) is 0 Å². The predicted molar refractivity (Wildman–Crippen MR) is 116 cm³/mol. The first-order chi connectivity index (χ1) is 15.3. The molecule has 6 nitrogen and oxygen atoms in total. The molecule has 1 unspecified atom stereocenters. The minimum absolute atomic E-state index is 0.0838. The number of quaternary nitrogens is 1. The fourth-order valence-electron chi connectivity index (χ4n) is 3.38. The van der Waals surface area contributed by atoms with Crippen molar-refractivity contribution in [2.45, 2.75) is 63.8 Å². The SMILES string of the molecule is C[N+](C)(C)CC(CC(=O)O)NC(=O)CCCCCCCOCc1ccc(C(F)(F)F)cc1F. The highest BCUT2D eigenvalue weighted by molar-refractivity contribution is 5.77. The quantitative estimate of drug-likeness (QED) is 0.223. The summed E-state index contributed by atoms with van der Waals surface area (Å²) in [5, 5.41) is 11.8. The summed E-state index contributed by atoms with van der Waals surface area (Å²) in [6.07, 6.45) is -0.392. The Morgan fingerprint density at radius 3 is 2.30 bits per heavy atom. The highest BCUT2D eigenvalue weighted by Crippen LogP contribution is 2.30. The molecular formula is C23H35F4N2O4+. The van der Waals surface area contributed by atoms with E-state index in [0.29, 0.717) is 36.5 Å². The molecule has 10 heteroatoms. The van der Waals surface area contributed by atoms with E-state index in [-0.39, 0.29) is 24.5 Å². The van der Waals surface area contributed by atoms with Crippen LogP contribution in [0.25, 0.3) is 0 Å². The van der Waals surface area contributed by atoms with Crippen molar-refractivity contribution in [2.24, 2.45) is 0 Å². The van der Waals surface area contributed by atoms with Crippen LogP contribution >= 0.6 is 0 Å². The number of carbonyl (C=O) groups is 2. The summed E-state index contributed by atoms with van der Waals surface area (Å²) in [5.41, 5.74) is -0.941. The number of carboxylic acids is 1. The Hall–Kier alpha value is -2.20. The second-order valence-corrected chi connectivity index (χ2v) is 9.21. The van der Waals surface area contributed by atoms with Gasteiger partial charge in [-0.1, -0.05) is 25.3 Å². The normalized spacial score (nSPS) is 13.1. The topological polar surface area (TPSA) is 75.6 Å². The molecule has 33 heavy (non-hydrogen) atoms. The fourth-order valence-corrected chi connectivity index (χ4v) is 3.38. The minimum Gasteiger partial charge on any atom is -0.481 e. The van der Waals surface area contributed by atoms with Gasteiger partial charge in [0.15, 0.2) is 0 Å². The van der Waals surface area contributed by atoms with Crippen LogP contribution in [-0.4, -0.2) is 61.8 Å². The van der Waals surface area contributed by atoms with Gasteiger partial charge < -0.3 is 19.6 Å². The van der Waals surface area contributed by atoms with Gasteiger partial charge in [0.2, 0.25) is 5.91 Å². The summed E-state index contributed by atoms with van der Waals surface area (Å²) in [7, 11) is 5.81. The number of halogens is 4. The molecule has 1 amide bonds. The van der Waals surface area contributed by atoms with Crippen LogP contribution in [0.3, 0.4) is 0 Å². The lowest BCUT2D eigenvalue weighted by atomic mass is 10.1. The zero-order valence-electron chi connectivity index (χ0n) is 19.5. The van der Waals surface area contributed by atoms with Crippen LogP contribution in [0.1, 0.15) is 56.1 Å². The maximum Gasteiger partial charge on any atom is 0.416 e. The fraction of sp³-hybridized carbons (Fsp3) is 0.652. The zero-order chi connectivity index (χ0) is 25.1. The number of likely N-dealkylation sites (N-methyl/N-ethyl adjacent to an activating group) is 1. The van der Waals surface area contributed by atoms with Gasteiger partial charge in [-0.15, -0.1) is 0 Å². The number of ether oxygens (including phenoxy) is 1. The monoisotopic (exact) mass is 479 g/mol. The Kier molecular flexibility index (Phi) is 11.8. The standard InChI is InChI=1S/C23H34F4N2O4/c1-29(2,3)15-19(14-22(31)32)28-21(30)9-7-5-4-6-8-12-33-16-17-10-11-18(13-20(17)24)23(25,26)27/h10-11,13,19H,4-9,12,14-16H2,1-3H3,(H-,28,30,31,32)/p+1. The molecule has 0 bridgehead atoms. The number of benzene rings is 1. The van der Waals surface area contributed by atoms with Crippen molar-refractivity contribution in [3.63, 3.8) is 0 Å². The van der Waals surface area contributed by atoms with Crippen LogP contribution in [0.2, 0.25) is 0 Å². The number of aliphatic carboxylic acids is 1. The first-order valence-corrected chi connectivity index (χ1v) is 11.0. The third-order valence-electron chi connectivity index (χ3n) is 4.88. The largest absolute Gasteiger partial charge is 0.481 e. The highest BCUT2D eigenvalue weighted by Gasteiger charge is 2.31. The Morgan fingerprint density at radius 2 is 1.73 bits per heavy atom. The summed E-state index contributed by atoms with van der Waals surface area (Å²) in [6, 6.07) is 1.98. The maximum atomic E-state index is 13.7. The van der Waals surface area contributed by atoms with Crippen molar-refractivity contribution in [1.82, 2.24) is 5.32 Å². The molecule has 0 radical (unpaired) electrons. The van der Waals surface area contributed by atoms with E-state index in [1.54, 1.807) is 0 Å². The van der Waals surface area contributed by atoms with Crippen molar-refractivity contribution >= 4 is 11.9 Å². The third kappa shape index (κ3) is 13.2. The third-order valence-corrected chi connectivity index (χ3v) is 4.88. The van der Waals surface area contributed by atoms with E-state index < -0.39 is 29.6 Å². The van der Waals surface area contributed by atoms with E-state index in [2.05, 4.69) is 5.32 Å². The lowest BCUT2D eigenvalue weighted by Crippen LogP contribution is -2.49. The number of alkyl halides is 3. The lowest BCUT2D eigenvalue weighted by molar-refractivity contribution is -0.871. The van der Waals surface area contributed by atoms with Crippen LogP contribution in [0.4, 0.5) is 17.6 Å². The number of hydrogen-bond acceptors (Lipinski definition) is 3. The van der Waals surface area contributed by atoms with Crippen molar-refractivity contribution in [2.75, 3.05) is 34.3 Å². The molecule has 0 aliphatic heterocycles. The summed E-state index contributed by atoms with van der Waals surface area (Å²) in [6.45, 7) is 0.798. The first kappa shape index (κ1) is 28.8. The van der Waals surface area contributed by atoms with Crippen LogP contribution in [0.5, 0.6) is 0 Å². The van der Waals surface area contributed by atoms with Crippen molar-refractivity contribution < 1.29 is 41.5 Å². The molecule has 0 aromatic heterocycles. The van der Waals surface area contributed by atoms with Crippen LogP contribution in [-0.2, 0) is 27.1 Å². The molecule has 0 aliphatic rings.